The third-order valence-corrected chi connectivity index (χ3v) is 2.54. The van der Waals surface area contributed by atoms with Gasteiger partial charge in [0.2, 0.25) is 0 Å². The number of benzene rings is 2. The van der Waals surface area contributed by atoms with E-state index in [-0.39, 0.29) is 5.56 Å². The Morgan fingerprint density at radius 1 is 0.889 bits per heavy atom. The van der Waals surface area contributed by atoms with Crippen LogP contribution in [0.4, 0.5) is 13.2 Å². The molecule has 0 saturated heterocycles. The zero-order chi connectivity index (χ0) is 13.3. The topological polar surface area (TPSA) is 17.1 Å². The number of ketones is 1. The van der Waals surface area contributed by atoms with Gasteiger partial charge in [-0.05, 0) is 37.3 Å². The van der Waals surface area contributed by atoms with Gasteiger partial charge in [-0.15, -0.1) is 0 Å². The minimum absolute atomic E-state index is 0.264. The van der Waals surface area contributed by atoms with Crippen LogP contribution in [0.2, 0.25) is 0 Å². The minimum atomic E-state index is -0.873. The van der Waals surface area contributed by atoms with Crippen molar-refractivity contribution in [1.29, 1.82) is 0 Å². The lowest BCUT2D eigenvalue weighted by Crippen LogP contribution is -2.07. The zero-order valence-electron chi connectivity index (χ0n) is 9.51. The molecule has 1 nitrogen and oxygen atoms in total. The SMILES string of the molecule is Cc1ccc(F)c(C(=O)c2cc(F)ccc2F)c1. The predicted molar refractivity (Wildman–Crippen MR) is 60.9 cm³/mol. The summed E-state index contributed by atoms with van der Waals surface area (Å²) in [4.78, 5) is 11.9. The molecule has 0 bridgehead atoms. The summed E-state index contributed by atoms with van der Waals surface area (Å²) in [6, 6.07) is 6.43. The second-order valence-electron chi connectivity index (χ2n) is 3.94. The molecule has 2 aromatic rings. The van der Waals surface area contributed by atoms with Crippen molar-refractivity contribution in [3.8, 4) is 0 Å². The molecule has 0 spiro atoms. The van der Waals surface area contributed by atoms with Crippen molar-refractivity contribution in [2.45, 2.75) is 6.92 Å². The average molecular weight is 250 g/mol. The summed E-state index contributed by atoms with van der Waals surface area (Å²) < 4.78 is 39.9. The van der Waals surface area contributed by atoms with Crippen molar-refractivity contribution in [3.63, 3.8) is 0 Å². The molecule has 0 heterocycles. The third kappa shape index (κ3) is 2.27. The molecule has 0 atom stereocenters. The lowest BCUT2D eigenvalue weighted by molar-refractivity contribution is 0.103. The maximum Gasteiger partial charge on any atom is 0.199 e. The predicted octanol–water partition coefficient (Wildman–Crippen LogP) is 3.64. The maximum absolute atomic E-state index is 13.5. The Bertz CT molecular complexity index is 567. The Labute approximate surface area is 102 Å². The van der Waals surface area contributed by atoms with Gasteiger partial charge in [-0.1, -0.05) is 11.6 Å². The first kappa shape index (κ1) is 12.4. The smallest absolute Gasteiger partial charge is 0.199 e. The van der Waals surface area contributed by atoms with E-state index in [1.54, 1.807) is 6.92 Å². The molecule has 92 valence electrons. The summed E-state index contributed by atoms with van der Waals surface area (Å²) in [7, 11) is 0. The van der Waals surface area contributed by atoms with Crippen molar-refractivity contribution in [1.82, 2.24) is 0 Å². The minimum Gasteiger partial charge on any atom is -0.288 e. The Balaban J connectivity index is 2.54. The number of carbonyl (C=O) groups excluding carboxylic acids is 1. The van der Waals surface area contributed by atoms with Crippen molar-refractivity contribution < 1.29 is 18.0 Å². The molecule has 2 rings (SSSR count). The van der Waals surface area contributed by atoms with Crippen molar-refractivity contribution in [2.24, 2.45) is 0 Å². The largest absolute Gasteiger partial charge is 0.288 e. The van der Waals surface area contributed by atoms with Crippen molar-refractivity contribution >= 4 is 5.78 Å². The molecule has 0 aromatic heterocycles. The van der Waals surface area contributed by atoms with E-state index in [1.165, 1.54) is 12.1 Å². The van der Waals surface area contributed by atoms with E-state index in [2.05, 4.69) is 0 Å². The summed E-state index contributed by atoms with van der Waals surface area (Å²) in [6.07, 6.45) is 0. The molecule has 0 saturated carbocycles. The molecule has 0 aliphatic heterocycles. The van der Waals surface area contributed by atoms with Crippen LogP contribution < -0.4 is 0 Å². The quantitative estimate of drug-likeness (QED) is 0.743. The highest BCUT2D eigenvalue weighted by Gasteiger charge is 2.18. The molecule has 0 radical (unpaired) electrons. The highest BCUT2D eigenvalue weighted by atomic mass is 19.1. The number of rotatable bonds is 2. The maximum atomic E-state index is 13.5. The number of aryl methyl sites for hydroxylation is 1. The summed E-state index contributed by atoms with van der Waals surface area (Å²) in [5.41, 5.74) is -0.0736. The van der Waals surface area contributed by atoms with Crippen LogP contribution in [0.3, 0.4) is 0 Å². The summed E-state index contributed by atoms with van der Waals surface area (Å²) in [6.45, 7) is 1.68. The number of halogens is 3. The summed E-state index contributed by atoms with van der Waals surface area (Å²) >= 11 is 0. The van der Waals surface area contributed by atoms with E-state index in [9.17, 15) is 18.0 Å². The fraction of sp³-hybridized carbons (Fsp3) is 0.0714. The van der Waals surface area contributed by atoms with Crippen molar-refractivity contribution in [3.05, 3.63) is 70.5 Å². The van der Waals surface area contributed by atoms with Gasteiger partial charge in [0.05, 0.1) is 11.1 Å². The van der Waals surface area contributed by atoms with Gasteiger partial charge in [-0.3, -0.25) is 4.79 Å². The highest BCUT2D eigenvalue weighted by Crippen LogP contribution is 2.18. The Kier molecular flexibility index (Phi) is 3.19. The fourth-order valence-corrected chi connectivity index (χ4v) is 1.63. The van der Waals surface area contributed by atoms with Gasteiger partial charge < -0.3 is 0 Å². The molecular formula is C14H9F3O. The fourth-order valence-electron chi connectivity index (χ4n) is 1.63. The summed E-state index contributed by atoms with van der Waals surface area (Å²) in [5.74, 6) is -3.24. The molecule has 0 unspecified atom stereocenters. The number of hydrogen-bond donors (Lipinski definition) is 0. The normalized spacial score (nSPS) is 10.4. The zero-order valence-corrected chi connectivity index (χ0v) is 9.51. The second-order valence-corrected chi connectivity index (χ2v) is 3.94. The van der Waals surface area contributed by atoms with E-state index in [1.807, 2.05) is 0 Å². The molecular weight excluding hydrogens is 241 g/mol. The highest BCUT2D eigenvalue weighted by molar-refractivity contribution is 6.09. The molecule has 0 fully saturated rings. The van der Waals surface area contributed by atoms with Crippen molar-refractivity contribution in [2.75, 3.05) is 0 Å². The monoisotopic (exact) mass is 250 g/mol. The molecule has 0 aliphatic carbocycles. The van der Waals surface area contributed by atoms with Crippen LogP contribution in [0, 0.1) is 24.4 Å². The summed E-state index contributed by atoms with van der Waals surface area (Å²) in [5, 5.41) is 0. The van der Waals surface area contributed by atoms with E-state index < -0.39 is 28.8 Å². The van der Waals surface area contributed by atoms with Crippen LogP contribution in [0.25, 0.3) is 0 Å². The number of carbonyl (C=O) groups is 1. The molecule has 0 N–H and O–H groups in total. The van der Waals surface area contributed by atoms with Crippen LogP contribution in [0.5, 0.6) is 0 Å². The first-order valence-electron chi connectivity index (χ1n) is 5.25. The third-order valence-electron chi connectivity index (χ3n) is 2.54. The Morgan fingerprint density at radius 3 is 2.11 bits per heavy atom. The van der Waals surface area contributed by atoms with E-state index >= 15 is 0 Å². The van der Waals surface area contributed by atoms with E-state index in [0.717, 1.165) is 24.3 Å². The molecule has 4 heteroatoms. The van der Waals surface area contributed by atoms with E-state index in [0.29, 0.717) is 5.56 Å². The molecule has 0 aliphatic rings. The van der Waals surface area contributed by atoms with Crippen LogP contribution in [-0.4, -0.2) is 5.78 Å². The van der Waals surface area contributed by atoms with Gasteiger partial charge in [0.15, 0.2) is 5.78 Å². The molecule has 2 aromatic carbocycles. The van der Waals surface area contributed by atoms with Crippen LogP contribution in [-0.2, 0) is 0 Å². The lowest BCUT2D eigenvalue weighted by atomic mass is 10.0. The molecule has 0 amide bonds. The van der Waals surface area contributed by atoms with Gasteiger partial charge in [-0.2, -0.15) is 0 Å². The van der Waals surface area contributed by atoms with E-state index in [4.69, 9.17) is 0 Å². The van der Waals surface area contributed by atoms with Gasteiger partial charge >= 0.3 is 0 Å². The van der Waals surface area contributed by atoms with Gasteiger partial charge in [0.25, 0.3) is 0 Å². The van der Waals surface area contributed by atoms with Gasteiger partial charge in [-0.25, -0.2) is 13.2 Å². The first-order valence-corrected chi connectivity index (χ1v) is 5.25. The standard InChI is InChI=1S/C14H9F3O/c1-8-2-4-12(16)10(6-8)14(18)11-7-9(15)3-5-13(11)17/h2-7H,1H3. The average Bonchev–Trinajstić information content (AvgIpc) is 2.34. The van der Waals surface area contributed by atoms with Gasteiger partial charge in [0, 0.05) is 0 Å². The Morgan fingerprint density at radius 2 is 1.44 bits per heavy atom. The molecule has 18 heavy (non-hydrogen) atoms. The number of hydrogen-bond acceptors (Lipinski definition) is 1. The van der Waals surface area contributed by atoms with Crippen LogP contribution in [0.15, 0.2) is 36.4 Å². The van der Waals surface area contributed by atoms with Crippen LogP contribution in [0.1, 0.15) is 21.5 Å². The Hall–Kier alpha value is -2.10. The first-order chi connectivity index (χ1) is 8.49. The van der Waals surface area contributed by atoms with Gasteiger partial charge in [0.1, 0.15) is 17.5 Å². The second kappa shape index (κ2) is 4.64. The van der Waals surface area contributed by atoms with Crippen LogP contribution >= 0.6 is 0 Å². The lowest BCUT2D eigenvalue weighted by Gasteiger charge is -2.05.